The molecular formula is C17H19NO2. The third-order valence-electron chi connectivity index (χ3n) is 4.03. The first kappa shape index (κ1) is 13.2. The SMILES string of the molecule is OC[C@@H](NC1CCc2c(O)cccc21)c1ccccc1. The molecule has 20 heavy (non-hydrogen) atoms. The molecule has 0 heterocycles. The van der Waals surface area contributed by atoms with Crippen LogP contribution in [0.4, 0.5) is 0 Å². The number of rotatable bonds is 4. The van der Waals surface area contributed by atoms with Crippen LogP contribution < -0.4 is 5.32 Å². The zero-order chi connectivity index (χ0) is 13.9. The lowest BCUT2D eigenvalue weighted by Gasteiger charge is -2.22. The molecule has 0 saturated heterocycles. The van der Waals surface area contributed by atoms with E-state index in [2.05, 4.69) is 11.4 Å². The van der Waals surface area contributed by atoms with Crippen molar-refractivity contribution in [2.45, 2.75) is 24.9 Å². The van der Waals surface area contributed by atoms with Crippen LogP contribution in [0, 0.1) is 0 Å². The van der Waals surface area contributed by atoms with Gasteiger partial charge in [-0.25, -0.2) is 0 Å². The number of hydrogen-bond acceptors (Lipinski definition) is 3. The van der Waals surface area contributed by atoms with Gasteiger partial charge in [-0.1, -0.05) is 42.5 Å². The minimum atomic E-state index is -0.0745. The van der Waals surface area contributed by atoms with E-state index in [4.69, 9.17) is 0 Å². The van der Waals surface area contributed by atoms with Crippen molar-refractivity contribution in [2.75, 3.05) is 6.61 Å². The normalized spacial score (nSPS) is 18.8. The minimum absolute atomic E-state index is 0.0641. The predicted octanol–water partition coefficient (Wildman–Crippen LogP) is 2.70. The molecule has 0 aliphatic heterocycles. The molecule has 3 N–H and O–H groups in total. The topological polar surface area (TPSA) is 52.5 Å². The first-order valence-electron chi connectivity index (χ1n) is 7.02. The van der Waals surface area contributed by atoms with Crippen LogP contribution in [-0.2, 0) is 6.42 Å². The number of nitrogens with one attached hydrogen (secondary N) is 1. The Labute approximate surface area is 118 Å². The summed E-state index contributed by atoms with van der Waals surface area (Å²) in [4.78, 5) is 0. The highest BCUT2D eigenvalue weighted by Crippen LogP contribution is 2.37. The Balaban J connectivity index is 1.81. The molecular weight excluding hydrogens is 250 g/mol. The van der Waals surface area contributed by atoms with Crippen LogP contribution >= 0.6 is 0 Å². The third kappa shape index (κ3) is 2.42. The molecule has 3 rings (SSSR count). The van der Waals surface area contributed by atoms with Gasteiger partial charge in [-0.05, 0) is 35.6 Å². The summed E-state index contributed by atoms with van der Waals surface area (Å²) >= 11 is 0. The van der Waals surface area contributed by atoms with Gasteiger partial charge in [0.2, 0.25) is 0 Å². The third-order valence-corrected chi connectivity index (χ3v) is 4.03. The molecule has 0 saturated carbocycles. The van der Waals surface area contributed by atoms with E-state index >= 15 is 0 Å². The summed E-state index contributed by atoms with van der Waals surface area (Å²) in [6.07, 6.45) is 1.84. The highest BCUT2D eigenvalue weighted by molar-refractivity contribution is 5.44. The number of phenolic OH excluding ortho intramolecular Hbond substituents is 1. The lowest BCUT2D eigenvalue weighted by molar-refractivity contribution is 0.233. The Hall–Kier alpha value is -1.84. The molecule has 2 atom stereocenters. The van der Waals surface area contributed by atoms with Crippen molar-refractivity contribution in [1.82, 2.24) is 5.32 Å². The second kappa shape index (κ2) is 5.65. The zero-order valence-corrected chi connectivity index (χ0v) is 11.3. The summed E-state index contributed by atoms with van der Waals surface area (Å²) in [6.45, 7) is 0.0641. The number of aromatic hydroxyl groups is 1. The number of hydrogen-bond donors (Lipinski definition) is 3. The van der Waals surface area contributed by atoms with Gasteiger partial charge in [0.25, 0.3) is 0 Å². The minimum Gasteiger partial charge on any atom is -0.508 e. The van der Waals surface area contributed by atoms with Crippen LogP contribution in [0.5, 0.6) is 5.75 Å². The maximum atomic E-state index is 9.88. The van der Waals surface area contributed by atoms with Crippen LogP contribution in [0.25, 0.3) is 0 Å². The van der Waals surface area contributed by atoms with E-state index in [0.29, 0.717) is 5.75 Å². The Morgan fingerprint density at radius 2 is 1.90 bits per heavy atom. The molecule has 1 aliphatic rings. The van der Waals surface area contributed by atoms with Gasteiger partial charge in [0.05, 0.1) is 12.6 Å². The van der Waals surface area contributed by atoms with Crippen molar-refractivity contribution in [3.8, 4) is 5.75 Å². The smallest absolute Gasteiger partial charge is 0.119 e. The highest BCUT2D eigenvalue weighted by atomic mass is 16.3. The van der Waals surface area contributed by atoms with E-state index in [1.807, 2.05) is 36.4 Å². The second-order valence-electron chi connectivity index (χ2n) is 5.25. The lowest BCUT2D eigenvalue weighted by Crippen LogP contribution is -2.27. The number of aliphatic hydroxyl groups is 1. The molecule has 2 aromatic carbocycles. The molecule has 0 amide bonds. The Bertz CT molecular complexity index is 583. The largest absolute Gasteiger partial charge is 0.508 e. The quantitative estimate of drug-likeness (QED) is 0.800. The van der Waals surface area contributed by atoms with Gasteiger partial charge in [-0.3, -0.25) is 0 Å². The molecule has 0 bridgehead atoms. The lowest BCUT2D eigenvalue weighted by atomic mass is 10.0. The summed E-state index contributed by atoms with van der Waals surface area (Å²) < 4.78 is 0. The molecule has 104 valence electrons. The van der Waals surface area contributed by atoms with Gasteiger partial charge in [0, 0.05) is 6.04 Å². The molecule has 0 aromatic heterocycles. The Kier molecular flexibility index (Phi) is 3.72. The number of fused-ring (bicyclic) bond motifs is 1. The number of phenols is 1. The maximum Gasteiger partial charge on any atom is 0.119 e. The van der Waals surface area contributed by atoms with Gasteiger partial charge in [-0.15, -0.1) is 0 Å². The average Bonchev–Trinajstić information content (AvgIpc) is 2.90. The molecule has 3 heteroatoms. The average molecular weight is 269 g/mol. The van der Waals surface area contributed by atoms with Crippen molar-refractivity contribution >= 4 is 0 Å². The summed E-state index contributed by atoms with van der Waals surface area (Å²) in [7, 11) is 0. The van der Waals surface area contributed by atoms with Gasteiger partial charge < -0.3 is 15.5 Å². The van der Waals surface area contributed by atoms with Gasteiger partial charge >= 0.3 is 0 Å². The van der Waals surface area contributed by atoms with Crippen molar-refractivity contribution < 1.29 is 10.2 Å². The van der Waals surface area contributed by atoms with Crippen LogP contribution in [0.3, 0.4) is 0 Å². The van der Waals surface area contributed by atoms with E-state index in [0.717, 1.165) is 29.5 Å². The van der Waals surface area contributed by atoms with Crippen molar-refractivity contribution in [2.24, 2.45) is 0 Å². The standard InChI is InChI=1S/C17H19NO2/c19-11-16(12-5-2-1-3-6-12)18-15-10-9-14-13(15)7-4-8-17(14)20/h1-8,15-16,18-20H,9-11H2/t15?,16-/m1/s1. The zero-order valence-electron chi connectivity index (χ0n) is 11.3. The van der Waals surface area contributed by atoms with E-state index in [-0.39, 0.29) is 18.7 Å². The van der Waals surface area contributed by atoms with Crippen molar-refractivity contribution in [1.29, 1.82) is 0 Å². The summed E-state index contributed by atoms with van der Waals surface area (Å²) in [6, 6.07) is 15.8. The van der Waals surface area contributed by atoms with Crippen LogP contribution in [-0.4, -0.2) is 16.8 Å². The van der Waals surface area contributed by atoms with E-state index in [1.165, 1.54) is 0 Å². The number of benzene rings is 2. The molecule has 2 aromatic rings. The van der Waals surface area contributed by atoms with Crippen LogP contribution in [0.1, 0.15) is 35.2 Å². The van der Waals surface area contributed by atoms with Crippen LogP contribution in [0.2, 0.25) is 0 Å². The molecule has 1 aliphatic carbocycles. The summed E-state index contributed by atoms with van der Waals surface area (Å²) in [5.41, 5.74) is 3.28. The second-order valence-corrected chi connectivity index (χ2v) is 5.25. The van der Waals surface area contributed by atoms with E-state index < -0.39 is 0 Å². The highest BCUT2D eigenvalue weighted by Gasteiger charge is 2.26. The first-order chi connectivity index (χ1) is 9.79. The first-order valence-corrected chi connectivity index (χ1v) is 7.02. The fourth-order valence-corrected chi connectivity index (χ4v) is 2.99. The number of aliphatic hydroxyl groups excluding tert-OH is 1. The molecule has 3 nitrogen and oxygen atoms in total. The monoisotopic (exact) mass is 269 g/mol. The summed E-state index contributed by atoms with van der Waals surface area (Å²) in [5, 5.41) is 23.0. The molecule has 0 radical (unpaired) electrons. The predicted molar refractivity (Wildman–Crippen MR) is 78.6 cm³/mol. The van der Waals surface area contributed by atoms with Gasteiger partial charge in [0.1, 0.15) is 5.75 Å². The fourth-order valence-electron chi connectivity index (χ4n) is 2.99. The van der Waals surface area contributed by atoms with E-state index in [1.54, 1.807) is 6.07 Å². The van der Waals surface area contributed by atoms with Gasteiger partial charge in [-0.2, -0.15) is 0 Å². The molecule has 0 fully saturated rings. The van der Waals surface area contributed by atoms with E-state index in [9.17, 15) is 10.2 Å². The molecule has 0 spiro atoms. The van der Waals surface area contributed by atoms with Gasteiger partial charge in [0.15, 0.2) is 0 Å². The van der Waals surface area contributed by atoms with Crippen molar-refractivity contribution in [3.05, 3.63) is 65.2 Å². The molecule has 1 unspecified atom stereocenters. The van der Waals surface area contributed by atoms with Crippen molar-refractivity contribution in [3.63, 3.8) is 0 Å². The fraction of sp³-hybridized carbons (Fsp3) is 0.294. The maximum absolute atomic E-state index is 9.88. The Morgan fingerprint density at radius 3 is 2.65 bits per heavy atom. The van der Waals surface area contributed by atoms with Crippen LogP contribution in [0.15, 0.2) is 48.5 Å². The summed E-state index contributed by atoms with van der Waals surface area (Å²) in [5.74, 6) is 0.382. The Morgan fingerprint density at radius 1 is 1.10 bits per heavy atom.